The van der Waals surface area contributed by atoms with E-state index in [1.54, 1.807) is 0 Å². The zero-order valence-electron chi connectivity index (χ0n) is 14.7. The molecule has 4 heteroatoms. The van der Waals surface area contributed by atoms with Crippen LogP contribution in [0.1, 0.15) is 45.6 Å². The third-order valence-electron chi connectivity index (χ3n) is 3.29. The van der Waals surface area contributed by atoms with Gasteiger partial charge < -0.3 is 14.6 Å². The summed E-state index contributed by atoms with van der Waals surface area (Å²) in [5.41, 5.74) is 0.118. The van der Waals surface area contributed by atoms with Crippen LogP contribution < -0.4 is 5.32 Å². The molecule has 1 heterocycles. The van der Waals surface area contributed by atoms with Gasteiger partial charge in [0.25, 0.3) is 0 Å². The van der Waals surface area contributed by atoms with E-state index in [1.807, 2.05) is 0 Å². The van der Waals surface area contributed by atoms with Crippen molar-refractivity contribution in [3.63, 3.8) is 0 Å². The Kier molecular flexibility index (Phi) is 7.43. The second-order valence-electron chi connectivity index (χ2n) is 7.05. The van der Waals surface area contributed by atoms with E-state index in [4.69, 9.17) is 4.42 Å². The summed E-state index contributed by atoms with van der Waals surface area (Å²) in [5.74, 6) is 2.08. The molecule has 0 bridgehead atoms. The van der Waals surface area contributed by atoms with Gasteiger partial charge in [-0.05, 0) is 60.0 Å². The summed E-state index contributed by atoms with van der Waals surface area (Å²) in [6, 6.07) is 4.20. The number of hydrogen-bond acceptors (Lipinski definition) is 4. The molecule has 0 radical (unpaired) electrons. The quantitative estimate of drug-likeness (QED) is 0.759. The molecular weight excluding hydrogens is 262 g/mol. The molecule has 1 rings (SSSR count). The molecule has 0 spiro atoms. The molecule has 122 valence electrons. The third kappa shape index (κ3) is 8.24. The fraction of sp³-hybridized carbons (Fsp3) is 0.765. The average molecular weight is 295 g/mol. The molecule has 0 saturated heterocycles. The van der Waals surface area contributed by atoms with Crippen molar-refractivity contribution >= 4 is 0 Å². The molecule has 0 fully saturated rings. The molecular formula is C17H33N3O. The number of likely N-dealkylation sites (N-methyl/N-ethyl adjacent to an activating group) is 1. The van der Waals surface area contributed by atoms with Crippen LogP contribution in [0.4, 0.5) is 0 Å². The van der Waals surface area contributed by atoms with Gasteiger partial charge in [0, 0.05) is 18.6 Å². The smallest absolute Gasteiger partial charge is 0.118 e. The molecule has 0 unspecified atom stereocenters. The van der Waals surface area contributed by atoms with Crippen molar-refractivity contribution in [2.45, 2.75) is 52.7 Å². The van der Waals surface area contributed by atoms with Gasteiger partial charge in [0.1, 0.15) is 11.5 Å². The van der Waals surface area contributed by atoms with E-state index in [1.165, 1.54) is 6.42 Å². The summed E-state index contributed by atoms with van der Waals surface area (Å²) in [6.07, 6.45) is 1.17. The van der Waals surface area contributed by atoms with Crippen LogP contribution in [-0.2, 0) is 13.1 Å². The summed E-state index contributed by atoms with van der Waals surface area (Å²) >= 11 is 0. The monoisotopic (exact) mass is 295 g/mol. The Morgan fingerprint density at radius 1 is 1.05 bits per heavy atom. The highest BCUT2D eigenvalue weighted by molar-refractivity contribution is 5.07. The summed E-state index contributed by atoms with van der Waals surface area (Å²) in [6.45, 7) is 13.7. The van der Waals surface area contributed by atoms with E-state index in [0.717, 1.165) is 44.2 Å². The first-order valence-corrected chi connectivity index (χ1v) is 8.00. The lowest BCUT2D eigenvalue weighted by Gasteiger charge is -2.22. The van der Waals surface area contributed by atoms with Crippen molar-refractivity contribution in [2.75, 3.05) is 33.7 Å². The molecule has 0 aliphatic rings. The maximum atomic E-state index is 5.94. The minimum Gasteiger partial charge on any atom is -0.463 e. The lowest BCUT2D eigenvalue weighted by atomic mass is 10.1. The lowest BCUT2D eigenvalue weighted by Crippen LogP contribution is -2.34. The molecule has 1 aromatic heterocycles. The highest BCUT2D eigenvalue weighted by atomic mass is 16.3. The average Bonchev–Trinajstić information content (AvgIpc) is 2.81. The maximum absolute atomic E-state index is 5.94. The Hall–Kier alpha value is -0.840. The summed E-state index contributed by atoms with van der Waals surface area (Å²) < 4.78 is 5.94. The number of rotatable bonds is 9. The van der Waals surface area contributed by atoms with Crippen LogP contribution in [0.2, 0.25) is 0 Å². The SMILES string of the molecule is CCCN(CCN(C)C)Cc1ccc(CNC(C)(C)C)o1. The first-order chi connectivity index (χ1) is 9.80. The second-order valence-corrected chi connectivity index (χ2v) is 7.05. The highest BCUT2D eigenvalue weighted by Crippen LogP contribution is 2.12. The van der Waals surface area contributed by atoms with Crippen molar-refractivity contribution < 1.29 is 4.42 Å². The van der Waals surface area contributed by atoms with Crippen molar-refractivity contribution in [3.05, 3.63) is 23.7 Å². The van der Waals surface area contributed by atoms with E-state index < -0.39 is 0 Å². The molecule has 0 aliphatic heterocycles. The molecule has 0 atom stereocenters. The van der Waals surface area contributed by atoms with E-state index in [2.05, 4.69) is 69.0 Å². The first-order valence-electron chi connectivity index (χ1n) is 8.00. The van der Waals surface area contributed by atoms with Crippen LogP contribution in [-0.4, -0.2) is 49.1 Å². The minimum atomic E-state index is 0.118. The van der Waals surface area contributed by atoms with Crippen LogP contribution in [0.15, 0.2) is 16.5 Å². The van der Waals surface area contributed by atoms with Crippen LogP contribution in [0.5, 0.6) is 0 Å². The fourth-order valence-corrected chi connectivity index (χ4v) is 2.10. The minimum absolute atomic E-state index is 0.118. The number of nitrogens with zero attached hydrogens (tertiary/aromatic N) is 2. The highest BCUT2D eigenvalue weighted by Gasteiger charge is 2.12. The normalized spacial score (nSPS) is 12.6. The van der Waals surface area contributed by atoms with Crippen LogP contribution >= 0.6 is 0 Å². The van der Waals surface area contributed by atoms with Crippen molar-refractivity contribution in [1.29, 1.82) is 0 Å². The standard InChI is InChI=1S/C17H33N3O/c1-7-10-20(12-11-19(5)6)14-16-9-8-15(21-16)13-18-17(2,3)4/h8-9,18H,7,10-14H2,1-6H3. The molecule has 1 aromatic rings. The van der Waals surface area contributed by atoms with Gasteiger partial charge in [0.15, 0.2) is 0 Å². The molecule has 21 heavy (non-hydrogen) atoms. The number of nitrogens with one attached hydrogen (secondary N) is 1. The van der Waals surface area contributed by atoms with Crippen LogP contribution in [0, 0.1) is 0 Å². The molecule has 1 N–H and O–H groups in total. The van der Waals surface area contributed by atoms with Crippen LogP contribution in [0.3, 0.4) is 0 Å². The van der Waals surface area contributed by atoms with Gasteiger partial charge in [-0.25, -0.2) is 0 Å². The van der Waals surface area contributed by atoms with Crippen molar-refractivity contribution in [3.8, 4) is 0 Å². The Bertz CT molecular complexity index is 393. The summed E-state index contributed by atoms with van der Waals surface area (Å²) in [7, 11) is 4.24. The molecule has 0 aromatic carbocycles. The first kappa shape index (κ1) is 18.2. The molecule has 0 amide bonds. The van der Waals surface area contributed by atoms with Gasteiger partial charge in [-0.3, -0.25) is 4.90 Å². The van der Waals surface area contributed by atoms with Gasteiger partial charge in [-0.15, -0.1) is 0 Å². The predicted octanol–water partition coefficient (Wildman–Crippen LogP) is 2.94. The Morgan fingerprint density at radius 3 is 2.29 bits per heavy atom. The number of hydrogen-bond donors (Lipinski definition) is 1. The molecule has 0 aliphatic carbocycles. The number of furan rings is 1. The van der Waals surface area contributed by atoms with Gasteiger partial charge in [0.05, 0.1) is 13.1 Å². The summed E-state index contributed by atoms with van der Waals surface area (Å²) in [4.78, 5) is 4.68. The Balaban J connectivity index is 2.49. The Morgan fingerprint density at radius 2 is 1.71 bits per heavy atom. The fourth-order valence-electron chi connectivity index (χ4n) is 2.10. The Labute approximate surface area is 130 Å². The third-order valence-corrected chi connectivity index (χ3v) is 3.29. The maximum Gasteiger partial charge on any atom is 0.118 e. The van der Waals surface area contributed by atoms with Gasteiger partial charge >= 0.3 is 0 Å². The van der Waals surface area contributed by atoms with E-state index in [0.29, 0.717) is 0 Å². The van der Waals surface area contributed by atoms with Gasteiger partial charge in [0.2, 0.25) is 0 Å². The van der Waals surface area contributed by atoms with E-state index in [-0.39, 0.29) is 5.54 Å². The lowest BCUT2D eigenvalue weighted by molar-refractivity contribution is 0.216. The van der Waals surface area contributed by atoms with E-state index >= 15 is 0 Å². The largest absolute Gasteiger partial charge is 0.463 e. The molecule has 4 nitrogen and oxygen atoms in total. The molecule has 0 saturated carbocycles. The van der Waals surface area contributed by atoms with Crippen molar-refractivity contribution in [1.82, 2.24) is 15.1 Å². The van der Waals surface area contributed by atoms with Crippen molar-refractivity contribution in [2.24, 2.45) is 0 Å². The van der Waals surface area contributed by atoms with Gasteiger partial charge in [-0.2, -0.15) is 0 Å². The van der Waals surface area contributed by atoms with E-state index in [9.17, 15) is 0 Å². The second kappa shape index (κ2) is 8.57. The summed E-state index contributed by atoms with van der Waals surface area (Å²) in [5, 5.41) is 3.46. The van der Waals surface area contributed by atoms with Crippen LogP contribution in [0.25, 0.3) is 0 Å². The zero-order chi connectivity index (χ0) is 15.9. The predicted molar refractivity (Wildman–Crippen MR) is 89.4 cm³/mol. The van der Waals surface area contributed by atoms with Gasteiger partial charge in [-0.1, -0.05) is 6.92 Å². The zero-order valence-corrected chi connectivity index (χ0v) is 14.7. The topological polar surface area (TPSA) is 31.6 Å².